The van der Waals surface area contributed by atoms with Gasteiger partial charge in [0, 0.05) is 30.1 Å². The van der Waals surface area contributed by atoms with E-state index in [0.29, 0.717) is 6.04 Å². The number of nitrogens with zero attached hydrogens (tertiary/aromatic N) is 2. The molecule has 0 spiro atoms. The van der Waals surface area contributed by atoms with Crippen molar-refractivity contribution in [2.24, 2.45) is 0 Å². The summed E-state index contributed by atoms with van der Waals surface area (Å²) in [5.74, 6) is 0. The molecule has 0 aliphatic rings. The third-order valence-electron chi connectivity index (χ3n) is 3.65. The SMILES string of the molecule is CCN(CC)CC(C)NCc1nc(-c2ccccc2)cs1. The van der Waals surface area contributed by atoms with Crippen molar-refractivity contribution >= 4 is 11.3 Å². The third-order valence-corrected chi connectivity index (χ3v) is 4.50. The van der Waals surface area contributed by atoms with Crippen molar-refractivity contribution < 1.29 is 0 Å². The van der Waals surface area contributed by atoms with Crippen molar-refractivity contribution in [1.29, 1.82) is 0 Å². The Balaban J connectivity index is 1.86. The summed E-state index contributed by atoms with van der Waals surface area (Å²) in [4.78, 5) is 7.15. The lowest BCUT2D eigenvalue weighted by atomic mass is 10.2. The van der Waals surface area contributed by atoms with E-state index < -0.39 is 0 Å². The van der Waals surface area contributed by atoms with Gasteiger partial charge in [0.15, 0.2) is 0 Å². The van der Waals surface area contributed by atoms with E-state index in [4.69, 9.17) is 4.98 Å². The maximum Gasteiger partial charge on any atom is 0.107 e. The second-order valence-corrected chi connectivity index (χ2v) is 6.20. The highest BCUT2D eigenvalue weighted by molar-refractivity contribution is 7.09. The van der Waals surface area contributed by atoms with E-state index in [2.05, 4.69) is 60.6 Å². The molecule has 0 amide bonds. The Morgan fingerprint density at radius 2 is 1.90 bits per heavy atom. The third kappa shape index (κ3) is 4.92. The minimum atomic E-state index is 0.481. The van der Waals surface area contributed by atoms with Gasteiger partial charge in [-0.05, 0) is 20.0 Å². The lowest BCUT2D eigenvalue weighted by molar-refractivity contribution is 0.270. The molecule has 0 aliphatic heterocycles. The summed E-state index contributed by atoms with van der Waals surface area (Å²) >= 11 is 1.73. The number of nitrogens with one attached hydrogen (secondary N) is 1. The zero-order valence-corrected chi connectivity index (χ0v) is 14.0. The number of thiazole rings is 1. The quantitative estimate of drug-likeness (QED) is 0.807. The van der Waals surface area contributed by atoms with Crippen LogP contribution in [0.3, 0.4) is 0 Å². The number of hydrogen-bond donors (Lipinski definition) is 1. The molecule has 1 N–H and O–H groups in total. The number of rotatable bonds is 8. The first-order valence-corrected chi connectivity index (χ1v) is 8.56. The highest BCUT2D eigenvalue weighted by Gasteiger charge is 2.08. The fourth-order valence-corrected chi connectivity index (χ4v) is 3.08. The normalized spacial score (nSPS) is 12.8. The maximum atomic E-state index is 4.71. The van der Waals surface area contributed by atoms with Crippen molar-refractivity contribution in [1.82, 2.24) is 15.2 Å². The average Bonchev–Trinajstić information content (AvgIpc) is 3.00. The van der Waals surface area contributed by atoms with Gasteiger partial charge in [0.25, 0.3) is 0 Å². The molecule has 1 unspecified atom stereocenters. The van der Waals surface area contributed by atoms with E-state index in [0.717, 1.165) is 36.9 Å². The molecule has 114 valence electrons. The lowest BCUT2D eigenvalue weighted by Crippen LogP contribution is -2.38. The molecule has 0 aliphatic carbocycles. The smallest absolute Gasteiger partial charge is 0.107 e. The topological polar surface area (TPSA) is 28.2 Å². The minimum absolute atomic E-state index is 0.481. The standard InChI is InChI=1S/C17H25N3S/c1-4-20(5-2)12-14(3)18-11-17-19-16(13-21-17)15-9-7-6-8-10-15/h6-10,13-14,18H,4-5,11-12H2,1-3H3. The van der Waals surface area contributed by atoms with Gasteiger partial charge in [0.1, 0.15) is 5.01 Å². The van der Waals surface area contributed by atoms with Crippen LogP contribution < -0.4 is 5.32 Å². The number of likely N-dealkylation sites (N-methyl/N-ethyl adjacent to an activating group) is 1. The molecule has 1 aromatic heterocycles. The first-order chi connectivity index (χ1) is 10.2. The molecule has 0 fully saturated rings. The fraction of sp³-hybridized carbons (Fsp3) is 0.471. The van der Waals surface area contributed by atoms with Crippen LogP contribution in [0, 0.1) is 0 Å². The van der Waals surface area contributed by atoms with Gasteiger partial charge in [-0.3, -0.25) is 0 Å². The van der Waals surface area contributed by atoms with Crippen LogP contribution in [0.15, 0.2) is 35.7 Å². The van der Waals surface area contributed by atoms with Crippen LogP contribution in [0.1, 0.15) is 25.8 Å². The Morgan fingerprint density at radius 1 is 1.19 bits per heavy atom. The molecular formula is C17H25N3S. The summed E-state index contributed by atoms with van der Waals surface area (Å²) in [5.41, 5.74) is 2.27. The summed E-state index contributed by atoms with van der Waals surface area (Å²) in [6, 6.07) is 10.8. The molecular weight excluding hydrogens is 278 g/mol. The summed E-state index contributed by atoms with van der Waals surface area (Å²) in [5, 5.41) is 6.86. The zero-order chi connectivity index (χ0) is 15.1. The fourth-order valence-electron chi connectivity index (χ4n) is 2.33. The molecule has 4 heteroatoms. The number of hydrogen-bond acceptors (Lipinski definition) is 4. The van der Waals surface area contributed by atoms with E-state index in [1.807, 2.05) is 6.07 Å². The van der Waals surface area contributed by atoms with Crippen LogP contribution in [-0.4, -0.2) is 35.6 Å². The molecule has 0 bridgehead atoms. The molecule has 0 saturated carbocycles. The van der Waals surface area contributed by atoms with Crippen molar-refractivity contribution in [3.05, 3.63) is 40.7 Å². The Bertz CT molecular complexity index is 520. The van der Waals surface area contributed by atoms with Crippen LogP contribution in [0.4, 0.5) is 0 Å². The van der Waals surface area contributed by atoms with Gasteiger partial charge in [-0.15, -0.1) is 11.3 Å². The Labute approximate surface area is 132 Å². The van der Waals surface area contributed by atoms with E-state index in [9.17, 15) is 0 Å². The van der Waals surface area contributed by atoms with Crippen LogP contribution in [0.5, 0.6) is 0 Å². The Kier molecular flexibility index (Phi) is 6.36. The highest BCUT2D eigenvalue weighted by Crippen LogP contribution is 2.21. The van der Waals surface area contributed by atoms with Crippen LogP contribution in [0.25, 0.3) is 11.3 Å². The number of benzene rings is 1. The van der Waals surface area contributed by atoms with Crippen molar-refractivity contribution in [2.45, 2.75) is 33.4 Å². The largest absolute Gasteiger partial charge is 0.307 e. The molecule has 3 nitrogen and oxygen atoms in total. The highest BCUT2D eigenvalue weighted by atomic mass is 32.1. The van der Waals surface area contributed by atoms with Crippen molar-refractivity contribution in [3.8, 4) is 11.3 Å². The van der Waals surface area contributed by atoms with Crippen LogP contribution in [-0.2, 0) is 6.54 Å². The summed E-state index contributed by atoms with van der Waals surface area (Å²) in [6.45, 7) is 10.8. The van der Waals surface area contributed by atoms with Crippen LogP contribution in [0.2, 0.25) is 0 Å². The molecule has 1 atom stereocenters. The monoisotopic (exact) mass is 303 g/mol. The lowest BCUT2D eigenvalue weighted by Gasteiger charge is -2.23. The van der Waals surface area contributed by atoms with Gasteiger partial charge in [0.05, 0.1) is 5.69 Å². The Hall–Kier alpha value is -1.23. The average molecular weight is 303 g/mol. The first-order valence-electron chi connectivity index (χ1n) is 7.68. The van der Waals surface area contributed by atoms with Crippen molar-refractivity contribution in [2.75, 3.05) is 19.6 Å². The molecule has 2 aromatic rings. The summed E-state index contributed by atoms with van der Waals surface area (Å²) in [6.07, 6.45) is 0. The predicted molar refractivity (Wildman–Crippen MR) is 91.6 cm³/mol. The molecule has 2 rings (SSSR count). The summed E-state index contributed by atoms with van der Waals surface area (Å²) < 4.78 is 0. The van der Waals surface area contributed by atoms with Gasteiger partial charge < -0.3 is 10.2 Å². The first kappa shape index (κ1) is 16.1. The van der Waals surface area contributed by atoms with Gasteiger partial charge in [0.2, 0.25) is 0 Å². The Morgan fingerprint density at radius 3 is 2.57 bits per heavy atom. The van der Waals surface area contributed by atoms with Crippen LogP contribution >= 0.6 is 11.3 Å². The van der Waals surface area contributed by atoms with E-state index in [-0.39, 0.29) is 0 Å². The van der Waals surface area contributed by atoms with Gasteiger partial charge >= 0.3 is 0 Å². The van der Waals surface area contributed by atoms with E-state index >= 15 is 0 Å². The minimum Gasteiger partial charge on any atom is -0.307 e. The molecule has 0 saturated heterocycles. The molecule has 21 heavy (non-hydrogen) atoms. The van der Waals surface area contributed by atoms with Gasteiger partial charge in [-0.2, -0.15) is 0 Å². The molecule has 1 heterocycles. The second kappa shape index (κ2) is 8.27. The van der Waals surface area contributed by atoms with Gasteiger partial charge in [-0.1, -0.05) is 44.2 Å². The molecule has 1 aromatic carbocycles. The van der Waals surface area contributed by atoms with Gasteiger partial charge in [-0.25, -0.2) is 4.98 Å². The predicted octanol–water partition coefficient (Wildman–Crippen LogP) is 3.63. The second-order valence-electron chi connectivity index (χ2n) is 5.26. The van der Waals surface area contributed by atoms with Crippen molar-refractivity contribution in [3.63, 3.8) is 0 Å². The molecule has 0 radical (unpaired) electrons. The zero-order valence-electron chi connectivity index (χ0n) is 13.2. The maximum absolute atomic E-state index is 4.71. The summed E-state index contributed by atoms with van der Waals surface area (Å²) in [7, 11) is 0. The van der Waals surface area contributed by atoms with E-state index in [1.165, 1.54) is 5.56 Å². The van der Waals surface area contributed by atoms with E-state index in [1.54, 1.807) is 11.3 Å². The number of aromatic nitrogens is 1.